The highest BCUT2D eigenvalue weighted by molar-refractivity contribution is 6.67. The van der Waals surface area contributed by atoms with Gasteiger partial charge in [0.15, 0.2) is 0 Å². The van der Waals surface area contributed by atoms with Gasteiger partial charge in [-0.2, -0.15) is 0 Å². The second-order valence-corrected chi connectivity index (χ2v) is 14.5. The van der Waals surface area contributed by atoms with Gasteiger partial charge in [-0.3, -0.25) is 9.79 Å². The molecule has 0 saturated carbocycles. The van der Waals surface area contributed by atoms with Crippen molar-refractivity contribution in [2.45, 2.75) is 84.9 Å². The van der Waals surface area contributed by atoms with Gasteiger partial charge in [0.05, 0.1) is 18.0 Å². The van der Waals surface area contributed by atoms with Crippen LogP contribution in [-0.2, 0) is 31.4 Å². The number of nitrogens with one attached hydrogen (secondary N) is 1. The van der Waals surface area contributed by atoms with Crippen molar-refractivity contribution in [1.29, 1.82) is 0 Å². The lowest BCUT2D eigenvalue weighted by atomic mass is 10.2. The van der Waals surface area contributed by atoms with Crippen LogP contribution in [0.3, 0.4) is 0 Å². The first-order chi connectivity index (χ1) is 17.4. The molecule has 2 unspecified atom stereocenters. The van der Waals surface area contributed by atoms with Crippen molar-refractivity contribution < 1.29 is 31.4 Å². The molecule has 1 amide bonds. The zero-order valence-corrected chi connectivity index (χ0v) is 25.3. The third-order valence-corrected chi connectivity index (χ3v) is 13.3. The number of rotatable bonds is 20. The average Bonchev–Trinajstić information content (AvgIpc) is 3.51. The summed E-state index contributed by atoms with van der Waals surface area (Å²) >= 11 is 0. The van der Waals surface area contributed by atoms with Gasteiger partial charge in [-0.05, 0) is 60.8 Å². The first kappa shape index (κ1) is 31.4. The van der Waals surface area contributed by atoms with E-state index in [0.29, 0.717) is 52.6 Å². The molecule has 2 heterocycles. The van der Waals surface area contributed by atoms with E-state index >= 15 is 0 Å². The Balaban J connectivity index is 2.08. The largest absolute Gasteiger partial charge is 0.524 e. The Hall–Kier alpha value is -0.866. The van der Waals surface area contributed by atoms with Gasteiger partial charge in [0.1, 0.15) is 5.54 Å². The van der Waals surface area contributed by atoms with Crippen LogP contribution < -0.4 is 5.32 Å². The van der Waals surface area contributed by atoms with E-state index in [4.69, 9.17) is 26.6 Å². The SMILES string of the molecule is CCO[Si](OCC)(OCCCCCC1=NCCN1)C1CCN(C(C)[Si](OCC)(OCC)OCC)C1=O. The van der Waals surface area contributed by atoms with Gasteiger partial charge in [-0.25, -0.2) is 0 Å². The second-order valence-electron chi connectivity index (χ2n) is 8.84. The maximum atomic E-state index is 13.8. The van der Waals surface area contributed by atoms with Crippen LogP contribution in [0, 0.1) is 0 Å². The van der Waals surface area contributed by atoms with E-state index in [2.05, 4.69) is 10.3 Å². The highest BCUT2D eigenvalue weighted by Gasteiger charge is 2.60. The summed E-state index contributed by atoms with van der Waals surface area (Å²) in [4.78, 5) is 20.1. The second kappa shape index (κ2) is 16.2. The summed E-state index contributed by atoms with van der Waals surface area (Å²) in [5.74, 6) is 1.09. The number of unbranched alkanes of at least 4 members (excludes halogenated alkanes) is 2. The Morgan fingerprint density at radius 2 is 1.53 bits per heavy atom. The topological polar surface area (TPSA) is 100 Å². The number of hydrogen-bond donors (Lipinski definition) is 1. The van der Waals surface area contributed by atoms with E-state index in [1.165, 1.54) is 0 Å². The highest BCUT2D eigenvalue weighted by Crippen LogP contribution is 2.38. The molecule has 1 fully saturated rings. The number of nitrogens with zero attached hydrogens (tertiary/aromatic N) is 2. The average molecular weight is 548 g/mol. The fourth-order valence-electron chi connectivity index (χ4n) is 4.93. The van der Waals surface area contributed by atoms with Crippen LogP contribution in [0.2, 0.25) is 5.54 Å². The normalized spacial score (nSPS) is 19.6. The van der Waals surface area contributed by atoms with Crippen LogP contribution in [0.5, 0.6) is 0 Å². The smallest absolute Gasteiger partial charge is 0.373 e. The zero-order valence-electron chi connectivity index (χ0n) is 23.3. The lowest BCUT2D eigenvalue weighted by Gasteiger charge is -2.38. The number of amidine groups is 1. The Bertz CT molecular complexity index is 663. The van der Waals surface area contributed by atoms with Crippen LogP contribution in [-0.4, -0.2) is 99.2 Å². The van der Waals surface area contributed by atoms with Crippen molar-refractivity contribution in [3.63, 3.8) is 0 Å². The molecular weight excluding hydrogens is 498 g/mol. The third kappa shape index (κ3) is 8.06. The molecule has 2 aliphatic heterocycles. The quantitative estimate of drug-likeness (QED) is 0.183. The Kier molecular flexibility index (Phi) is 14.1. The van der Waals surface area contributed by atoms with Crippen LogP contribution >= 0.6 is 0 Å². The lowest BCUT2D eigenvalue weighted by Crippen LogP contribution is -2.63. The predicted octanol–water partition coefficient (Wildman–Crippen LogP) is 3.16. The summed E-state index contributed by atoms with van der Waals surface area (Å²) in [6.45, 7) is 16.8. The molecular formula is C24H49N3O7Si2. The minimum atomic E-state index is -3.25. The van der Waals surface area contributed by atoms with Crippen molar-refractivity contribution in [2.24, 2.45) is 4.99 Å². The van der Waals surface area contributed by atoms with Crippen molar-refractivity contribution in [2.75, 3.05) is 59.3 Å². The first-order valence-corrected chi connectivity index (χ1v) is 17.4. The summed E-state index contributed by atoms with van der Waals surface area (Å²) < 4.78 is 37.1. The molecule has 0 radical (unpaired) electrons. The molecule has 2 aliphatic rings. The molecule has 210 valence electrons. The van der Waals surface area contributed by atoms with E-state index in [1.807, 2.05) is 46.4 Å². The Morgan fingerprint density at radius 3 is 2.06 bits per heavy atom. The molecule has 0 bridgehead atoms. The molecule has 36 heavy (non-hydrogen) atoms. The molecule has 12 heteroatoms. The number of hydrogen-bond acceptors (Lipinski definition) is 9. The summed E-state index contributed by atoms with van der Waals surface area (Å²) in [6, 6.07) is 0. The van der Waals surface area contributed by atoms with E-state index in [0.717, 1.165) is 44.6 Å². The van der Waals surface area contributed by atoms with Crippen molar-refractivity contribution in [3.05, 3.63) is 0 Å². The molecule has 0 spiro atoms. The molecule has 0 aliphatic carbocycles. The van der Waals surface area contributed by atoms with Crippen molar-refractivity contribution >= 4 is 29.4 Å². The maximum Gasteiger partial charge on any atom is 0.524 e. The molecule has 10 nitrogen and oxygen atoms in total. The summed E-state index contributed by atoms with van der Waals surface area (Å²) in [6.07, 6.45) is 4.56. The molecule has 0 aromatic heterocycles. The van der Waals surface area contributed by atoms with Gasteiger partial charge >= 0.3 is 17.6 Å². The Labute approximate surface area is 220 Å². The monoisotopic (exact) mass is 547 g/mol. The molecule has 1 N–H and O–H groups in total. The predicted molar refractivity (Wildman–Crippen MR) is 144 cm³/mol. The summed E-state index contributed by atoms with van der Waals surface area (Å²) in [7, 11) is -6.35. The van der Waals surface area contributed by atoms with Crippen LogP contribution in [0.1, 0.15) is 73.6 Å². The van der Waals surface area contributed by atoms with E-state index in [1.54, 1.807) is 0 Å². The molecule has 0 aromatic rings. The van der Waals surface area contributed by atoms with Gasteiger partial charge < -0.3 is 36.8 Å². The van der Waals surface area contributed by atoms with E-state index in [9.17, 15) is 4.79 Å². The fraction of sp³-hybridized carbons (Fsp3) is 0.917. The van der Waals surface area contributed by atoms with Gasteiger partial charge in [0.2, 0.25) is 5.91 Å². The van der Waals surface area contributed by atoms with E-state index in [-0.39, 0.29) is 11.6 Å². The van der Waals surface area contributed by atoms with Crippen LogP contribution in [0.15, 0.2) is 4.99 Å². The van der Waals surface area contributed by atoms with Crippen LogP contribution in [0.4, 0.5) is 0 Å². The Morgan fingerprint density at radius 1 is 0.917 bits per heavy atom. The lowest BCUT2D eigenvalue weighted by molar-refractivity contribution is -0.130. The van der Waals surface area contributed by atoms with Gasteiger partial charge in [-0.1, -0.05) is 6.42 Å². The molecule has 2 atom stereocenters. The number of carbonyl (C=O) groups excluding carboxylic acids is 1. The third-order valence-electron chi connectivity index (χ3n) is 6.48. The van der Waals surface area contributed by atoms with Crippen LogP contribution in [0.25, 0.3) is 0 Å². The standard InChI is InChI=1S/C24H49N3O7Si2/c1-7-29-35(30-8-2,31-9-3)21(6)27-19-16-22(24(27)28)36(32-10-4,33-11-5)34-20-14-12-13-15-23-25-17-18-26-23/h21-22H,7-20H2,1-6H3,(H,25,26). The zero-order chi connectivity index (χ0) is 26.4. The van der Waals surface area contributed by atoms with Crippen molar-refractivity contribution in [3.8, 4) is 0 Å². The van der Waals surface area contributed by atoms with Gasteiger partial charge in [0.25, 0.3) is 0 Å². The maximum absolute atomic E-state index is 13.8. The van der Waals surface area contributed by atoms with Gasteiger partial charge in [-0.15, -0.1) is 0 Å². The number of amides is 1. The number of aliphatic imine (C=N–C) groups is 1. The minimum absolute atomic E-state index is 0.0163. The highest BCUT2D eigenvalue weighted by atomic mass is 28.4. The fourth-order valence-corrected chi connectivity index (χ4v) is 10.8. The van der Waals surface area contributed by atoms with Gasteiger partial charge in [0, 0.05) is 59.2 Å². The number of carbonyl (C=O) groups is 1. The molecule has 0 aromatic carbocycles. The van der Waals surface area contributed by atoms with E-state index < -0.39 is 23.2 Å². The molecule has 1 saturated heterocycles. The first-order valence-electron chi connectivity index (χ1n) is 13.8. The minimum Gasteiger partial charge on any atom is -0.373 e. The summed E-state index contributed by atoms with van der Waals surface area (Å²) in [5, 5.41) is 3.31. The number of likely N-dealkylation sites (tertiary alicyclic amines) is 1. The molecule has 2 rings (SSSR count). The van der Waals surface area contributed by atoms with Crippen molar-refractivity contribution in [1.82, 2.24) is 10.2 Å². The summed E-state index contributed by atoms with van der Waals surface area (Å²) in [5.41, 5.74) is -0.745.